The first-order valence-electron chi connectivity index (χ1n) is 51.1. The summed E-state index contributed by atoms with van der Waals surface area (Å²) in [5, 5.41) is 37.1. The van der Waals surface area contributed by atoms with Gasteiger partial charge >= 0.3 is 6.15 Å². The number of rotatable bonds is 14. The van der Waals surface area contributed by atoms with Crippen LogP contribution in [0.3, 0.4) is 0 Å². The second-order valence-corrected chi connectivity index (χ2v) is 41.2. The van der Waals surface area contributed by atoms with E-state index in [4.69, 9.17) is 80.2 Å². The standard InChI is InChI=1S/C21H26N4O.C19H20N4O.2C19H22N4O.C18H19ClN4O.C18H20N4O.CO2/c1-15(2)12-18-14-24(10-11-26-18)21-19-8-9-22-13-20(19)25(23-21)17-6-4-16(3)5-7-17;1-13-2-4-14(5-3-13)23-18-10-20-9-8-17(18)19(21-23)22-11-15-6-7-16(12-22)24-15;1-14-4-6-15(7-5-14)23-17-12-20-9-8-16(17)18(21-23)22-10-11-24-13-19(22,2)3;1-14-4-6-15(7-5-14)23-17-12-20-9-8-16(17)18(21-23)22-10-11-24-19(2,3)13-22;1-12-10-22(11-13(2)24-12)18-16-7-8-20-9-17(16)23(21-18)15-5-3-14(19)4-6-15;1-13-3-5-15(6-4-13)22-17-11-19-8-7-16(17)18(20-22)21-9-10-23-12-14(21)2;2-1-3/h4-9,13,15,18H,10-12,14H2,1-3H3;2-5,8-10,15-16H,6-7,11-12H2,1H3;2*4-9,12H,10-11,13H2,1-3H3;3-9,12-13H,10-11H2,1-2H3;3-8,11,14H,9-10,12H2,1-2H3;/t;;;;12-,13+;;. The average molecular weight is 2010 g/mol. The third-order valence-corrected chi connectivity index (χ3v) is 28.0. The molecular weight excluding hydrogens is 1880 g/mol. The summed E-state index contributed by atoms with van der Waals surface area (Å²) in [6, 6.07) is 62.5. The molecule has 0 saturated carbocycles. The number of benzene rings is 6. The normalized spacial score (nSPS) is 18.9. The van der Waals surface area contributed by atoms with Gasteiger partial charge in [0.25, 0.3) is 0 Å². The fourth-order valence-corrected chi connectivity index (χ4v) is 20.6. The first kappa shape index (κ1) is 102. The molecule has 2 bridgehead atoms. The molecule has 0 aliphatic carbocycles. The molecule has 148 heavy (non-hydrogen) atoms. The van der Waals surface area contributed by atoms with Crippen LogP contribution in [0.25, 0.3) is 99.5 Å². The van der Waals surface area contributed by atoms with Gasteiger partial charge in [-0.15, -0.1) is 30.6 Å². The lowest BCUT2D eigenvalue weighted by atomic mass is 10.0. The van der Waals surface area contributed by atoms with Gasteiger partial charge in [-0.25, -0.2) is 28.1 Å². The minimum atomic E-state index is -0.161. The van der Waals surface area contributed by atoms with E-state index in [1.54, 1.807) is 0 Å². The van der Waals surface area contributed by atoms with Crippen LogP contribution in [0, 0.1) is 40.5 Å². The summed E-state index contributed by atoms with van der Waals surface area (Å²) in [5.41, 5.74) is 18.4. The Bertz CT molecular complexity index is 7280. The van der Waals surface area contributed by atoms with Crippen LogP contribution in [0.2, 0.25) is 5.02 Å². The molecule has 7 saturated heterocycles. The number of carbonyl (C=O) groups excluding carboxylic acids is 2. The number of aryl methyl sites for hydroxylation is 5. The van der Waals surface area contributed by atoms with Gasteiger partial charge in [-0.3, -0.25) is 29.9 Å². The van der Waals surface area contributed by atoms with E-state index in [0.29, 0.717) is 35.8 Å². The van der Waals surface area contributed by atoms with E-state index >= 15 is 0 Å². The van der Waals surface area contributed by atoms with Crippen LogP contribution < -0.4 is 29.4 Å². The van der Waals surface area contributed by atoms with Crippen LogP contribution >= 0.6 is 11.6 Å². The highest BCUT2D eigenvalue weighted by Gasteiger charge is 2.39. The second kappa shape index (κ2) is 45.3. The number of ether oxygens (including phenoxy) is 6. The Morgan fingerprint density at radius 2 is 0.703 bits per heavy atom. The molecule has 18 aromatic rings. The highest BCUT2D eigenvalue weighted by molar-refractivity contribution is 6.30. The molecule has 33 heteroatoms. The minimum Gasteiger partial charge on any atom is -0.377 e. The van der Waals surface area contributed by atoms with Crippen LogP contribution in [0.4, 0.5) is 34.9 Å². The van der Waals surface area contributed by atoms with Gasteiger partial charge < -0.3 is 57.8 Å². The lowest BCUT2D eigenvalue weighted by molar-refractivity contribution is -0.191. The van der Waals surface area contributed by atoms with Crippen LogP contribution in [0.15, 0.2) is 256 Å². The SMILES string of the molecule is C[C@@H]1CN(c2nn(-c3ccc(Cl)cc3)c3cnccc23)C[C@H](C)O1.Cc1ccc(-n2nc(N3CC4CCC(C3)O4)c3ccncc32)cc1.Cc1ccc(-n2nc(N3CCOC(C)(C)C3)c3ccncc32)cc1.Cc1ccc(-n2nc(N3CCOC(CC(C)C)C3)c3ccncc32)cc1.Cc1ccc(-n2nc(N3CCOCC3(C)C)c3ccncc32)cc1.Cc1ccc(-n2nc(N3CCOCC3C)c3ccncc32)cc1.O=C=O. The van der Waals surface area contributed by atoms with Crippen LogP contribution in [0.1, 0.15) is 109 Å². The van der Waals surface area contributed by atoms with Gasteiger partial charge in [0.05, 0.1) is 192 Å². The molecule has 0 spiro atoms. The van der Waals surface area contributed by atoms with Crippen molar-refractivity contribution in [2.75, 3.05) is 134 Å². The molecule has 0 radical (unpaired) electrons. The van der Waals surface area contributed by atoms with E-state index < -0.39 is 0 Å². The molecule has 32 nitrogen and oxygen atoms in total. The average Bonchev–Trinajstić information content (AvgIpc) is 1.63. The minimum absolute atomic E-state index is 0.0824. The van der Waals surface area contributed by atoms with E-state index in [1.165, 1.54) is 40.7 Å². The topological polar surface area (TPSA) is 293 Å². The Hall–Kier alpha value is -14.7. The number of nitrogens with zero attached hydrogens (tertiary/aromatic N) is 24. The Morgan fingerprint density at radius 3 is 1.07 bits per heavy atom. The van der Waals surface area contributed by atoms with Crippen molar-refractivity contribution < 1.29 is 38.0 Å². The largest absolute Gasteiger partial charge is 0.377 e. The van der Waals surface area contributed by atoms with E-state index in [1.807, 2.05) is 151 Å². The van der Waals surface area contributed by atoms with Crippen molar-refractivity contribution in [3.8, 4) is 34.1 Å². The monoisotopic (exact) mass is 2010 g/mol. The maximum Gasteiger partial charge on any atom is 0.373 e. The highest BCUT2D eigenvalue weighted by Crippen LogP contribution is 2.41. The zero-order chi connectivity index (χ0) is 103. The molecule has 6 aromatic carbocycles. The van der Waals surface area contributed by atoms with Gasteiger partial charge in [-0.2, -0.15) is 9.59 Å². The number of pyridine rings is 6. The Balaban J connectivity index is 0.000000111. The zero-order valence-corrected chi connectivity index (χ0v) is 87.4. The van der Waals surface area contributed by atoms with Crippen LogP contribution in [0.5, 0.6) is 0 Å². The smallest absolute Gasteiger partial charge is 0.373 e. The molecule has 7 aliphatic heterocycles. The van der Waals surface area contributed by atoms with Crippen molar-refractivity contribution >= 4 is 118 Å². The van der Waals surface area contributed by atoms with Crippen molar-refractivity contribution in [1.29, 1.82) is 0 Å². The Kier molecular flexibility index (Phi) is 31.2. The summed E-state index contributed by atoms with van der Waals surface area (Å²) in [5.74, 6) is 6.70. The molecule has 7 aliphatic rings. The predicted molar refractivity (Wildman–Crippen MR) is 583 cm³/mol. The predicted octanol–water partition coefficient (Wildman–Crippen LogP) is 19.8. The third kappa shape index (κ3) is 23.0. The van der Waals surface area contributed by atoms with Gasteiger partial charge in [-0.05, 0) is 230 Å². The molecule has 764 valence electrons. The number of halogens is 1. The van der Waals surface area contributed by atoms with E-state index in [2.05, 4.69) is 290 Å². The second-order valence-electron chi connectivity index (χ2n) is 40.8. The lowest BCUT2D eigenvalue weighted by Crippen LogP contribution is -2.53. The fraction of sp³-hybridized carbons (Fsp3) is 0.365. The number of anilines is 6. The van der Waals surface area contributed by atoms with Crippen molar-refractivity contribution in [3.63, 3.8) is 0 Å². The zero-order valence-electron chi connectivity index (χ0n) is 86.6. The Morgan fingerprint density at radius 1 is 0.372 bits per heavy atom. The summed E-state index contributed by atoms with van der Waals surface area (Å²) < 4.78 is 46.8. The first-order chi connectivity index (χ1) is 71.7. The van der Waals surface area contributed by atoms with Gasteiger partial charge in [0.1, 0.15) is 0 Å². The molecule has 0 amide bonds. The molecule has 7 fully saturated rings. The first-order valence-corrected chi connectivity index (χ1v) is 51.5. The van der Waals surface area contributed by atoms with Crippen LogP contribution in [-0.2, 0) is 38.0 Å². The molecule has 25 rings (SSSR count). The van der Waals surface area contributed by atoms with Crippen molar-refractivity contribution in [2.24, 2.45) is 5.92 Å². The summed E-state index contributed by atoms with van der Waals surface area (Å²) in [4.78, 5) is 56.1. The molecule has 19 heterocycles. The number of fused-ring (bicyclic) bond motifs is 8. The van der Waals surface area contributed by atoms with E-state index in [9.17, 15) is 0 Å². The summed E-state index contributed by atoms with van der Waals surface area (Å²) in [7, 11) is 0. The molecule has 6 atom stereocenters. The fourth-order valence-electron chi connectivity index (χ4n) is 20.4. The van der Waals surface area contributed by atoms with Crippen LogP contribution in [-0.4, -0.2) is 248 Å². The maximum absolute atomic E-state index is 8.12. The summed E-state index contributed by atoms with van der Waals surface area (Å²) in [6.45, 7) is 43.0. The van der Waals surface area contributed by atoms with Crippen molar-refractivity contribution in [3.05, 3.63) is 289 Å². The maximum atomic E-state index is 8.12. The highest BCUT2D eigenvalue weighted by atomic mass is 35.5. The number of morpholine rings is 6. The Labute approximate surface area is 867 Å². The quantitative estimate of drug-likeness (QED) is 0.0977. The van der Waals surface area contributed by atoms with Gasteiger partial charge in [-0.1, -0.05) is 114 Å². The third-order valence-electron chi connectivity index (χ3n) is 27.7. The molecule has 0 N–H and O–H groups in total. The number of hydrogen-bond acceptors (Lipinski definition) is 26. The van der Waals surface area contributed by atoms with Crippen molar-refractivity contribution in [1.82, 2.24) is 88.6 Å². The molecule has 12 aromatic heterocycles. The number of aromatic nitrogens is 18. The molecule has 4 unspecified atom stereocenters. The van der Waals surface area contributed by atoms with Gasteiger partial charge in [0.2, 0.25) is 0 Å². The lowest BCUT2D eigenvalue weighted by Gasteiger charge is -2.42. The number of hydrogen-bond donors (Lipinski definition) is 0. The van der Waals surface area contributed by atoms with Gasteiger partial charge in [0.15, 0.2) is 34.9 Å². The summed E-state index contributed by atoms with van der Waals surface area (Å²) in [6.07, 6.45) is 27.3. The van der Waals surface area contributed by atoms with E-state index in [-0.39, 0.29) is 35.6 Å². The molecular formula is C115H129ClN24O8. The van der Waals surface area contributed by atoms with E-state index in [0.717, 1.165) is 239 Å². The van der Waals surface area contributed by atoms with Crippen molar-refractivity contribution in [2.45, 2.75) is 164 Å². The summed E-state index contributed by atoms with van der Waals surface area (Å²) >= 11 is 6.01. The van der Waals surface area contributed by atoms with Gasteiger partial charge in [0, 0.05) is 140 Å².